The normalized spacial score (nSPS) is 24.6. The molecule has 3 saturated heterocycles. The van der Waals surface area contributed by atoms with E-state index in [0.717, 1.165) is 31.1 Å². The maximum atomic E-state index is 5.40. The van der Waals surface area contributed by atoms with Crippen LogP contribution in [0, 0.1) is 0 Å². The van der Waals surface area contributed by atoms with Crippen LogP contribution >= 0.6 is 0 Å². The van der Waals surface area contributed by atoms with Crippen LogP contribution in [-0.2, 0) is 6.54 Å². The third-order valence-corrected chi connectivity index (χ3v) is 5.70. The lowest BCUT2D eigenvalue weighted by molar-refractivity contribution is 0.0470. The third-order valence-electron chi connectivity index (χ3n) is 5.70. The minimum atomic E-state index is 0.531. The smallest absolute Gasteiger partial charge is 0.122 e. The summed E-state index contributed by atoms with van der Waals surface area (Å²) in [6.45, 7) is 5.12. The van der Waals surface area contributed by atoms with E-state index in [-0.39, 0.29) is 0 Å². The SMILES string of the molecule is C/C=C/c1ccc(C2[C@@H]3CN(Cc4cc(OC)cc(OC)c4)C[C@H]2N3)cc1. The van der Waals surface area contributed by atoms with E-state index in [4.69, 9.17) is 9.47 Å². The van der Waals surface area contributed by atoms with Gasteiger partial charge in [-0.1, -0.05) is 36.4 Å². The molecule has 4 heteroatoms. The van der Waals surface area contributed by atoms with Crippen LogP contribution in [0.5, 0.6) is 11.5 Å². The molecular weight excluding hydrogens is 336 g/mol. The molecule has 2 aromatic rings. The van der Waals surface area contributed by atoms with Gasteiger partial charge in [0, 0.05) is 43.7 Å². The summed E-state index contributed by atoms with van der Waals surface area (Å²) in [5, 5.41) is 3.72. The predicted octanol–water partition coefficient (Wildman–Crippen LogP) is 3.68. The van der Waals surface area contributed by atoms with Gasteiger partial charge < -0.3 is 14.8 Å². The van der Waals surface area contributed by atoms with Crippen molar-refractivity contribution in [2.75, 3.05) is 27.3 Å². The lowest BCUT2D eigenvalue weighted by atomic mass is 9.74. The average Bonchev–Trinajstić information content (AvgIpc) is 2.69. The lowest BCUT2D eigenvalue weighted by Crippen LogP contribution is -2.71. The molecule has 1 unspecified atom stereocenters. The van der Waals surface area contributed by atoms with Crippen LogP contribution in [0.4, 0.5) is 0 Å². The molecule has 3 aliphatic heterocycles. The molecule has 142 valence electrons. The lowest BCUT2D eigenvalue weighted by Gasteiger charge is -2.55. The molecule has 0 spiro atoms. The molecule has 5 rings (SSSR count). The van der Waals surface area contributed by atoms with Gasteiger partial charge in [0.15, 0.2) is 0 Å². The highest BCUT2D eigenvalue weighted by Crippen LogP contribution is 2.37. The summed E-state index contributed by atoms with van der Waals surface area (Å²) < 4.78 is 10.8. The molecule has 2 aromatic carbocycles. The highest BCUT2D eigenvalue weighted by atomic mass is 16.5. The molecule has 3 aliphatic rings. The van der Waals surface area contributed by atoms with E-state index in [1.54, 1.807) is 14.2 Å². The van der Waals surface area contributed by atoms with Gasteiger partial charge in [-0.05, 0) is 35.7 Å². The Balaban J connectivity index is 1.42. The van der Waals surface area contributed by atoms with Crippen molar-refractivity contribution in [2.45, 2.75) is 31.5 Å². The van der Waals surface area contributed by atoms with Crippen molar-refractivity contribution in [2.24, 2.45) is 0 Å². The van der Waals surface area contributed by atoms with Crippen molar-refractivity contribution in [1.29, 1.82) is 0 Å². The summed E-state index contributed by atoms with van der Waals surface area (Å²) in [6, 6.07) is 16.2. The van der Waals surface area contributed by atoms with Crippen LogP contribution in [0.15, 0.2) is 48.5 Å². The molecule has 0 radical (unpaired) electrons. The number of piperidine rings is 1. The van der Waals surface area contributed by atoms with Crippen molar-refractivity contribution in [3.63, 3.8) is 0 Å². The quantitative estimate of drug-likeness (QED) is 0.848. The maximum Gasteiger partial charge on any atom is 0.122 e. The summed E-state index contributed by atoms with van der Waals surface area (Å²) in [4.78, 5) is 2.53. The fourth-order valence-corrected chi connectivity index (χ4v) is 4.44. The van der Waals surface area contributed by atoms with E-state index in [1.807, 2.05) is 6.07 Å². The van der Waals surface area contributed by atoms with Gasteiger partial charge in [-0.15, -0.1) is 0 Å². The van der Waals surface area contributed by atoms with Crippen molar-refractivity contribution in [3.05, 3.63) is 65.2 Å². The van der Waals surface area contributed by atoms with Crippen LogP contribution in [-0.4, -0.2) is 44.3 Å². The number of hydrogen-bond donors (Lipinski definition) is 1. The van der Waals surface area contributed by atoms with E-state index < -0.39 is 0 Å². The molecule has 3 atom stereocenters. The van der Waals surface area contributed by atoms with Gasteiger partial charge in [0.1, 0.15) is 11.5 Å². The van der Waals surface area contributed by atoms with Gasteiger partial charge in [0.05, 0.1) is 14.2 Å². The predicted molar refractivity (Wildman–Crippen MR) is 109 cm³/mol. The zero-order valence-corrected chi connectivity index (χ0v) is 16.3. The first-order valence-electron chi connectivity index (χ1n) is 9.63. The van der Waals surface area contributed by atoms with Crippen LogP contribution in [0.2, 0.25) is 0 Å². The molecule has 1 N–H and O–H groups in total. The minimum absolute atomic E-state index is 0.531. The Kier molecular flexibility index (Phi) is 5.19. The molecule has 3 heterocycles. The highest BCUT2D eigenvalue weighted by molar-refractivity contribution is 5.50. The first-order valence-corrected chi connectivity index (χ1v) is 9.63. The monoisotopic (exact) mass is 364 g/mol. The van der Waals surface area contributed by atoms with E-state index in [9.17, 15) is 0 Å². The van der Waals surface area contributed by atoms with Crippen molar-refractivity contribution >= 4 is 6.08 Å². The second-order valence-electron chi connectivity index (χ2n) is 7.49. The summed E-state index contributed by atoms with van der Waals surface area (Å²) in [5.74, 6) is 2.33. The average molecular weight is 364 g/mol. The Morgan fingerprint density at radius 1 is 1.00 bits per heavy atom. The number of allylic oxidation sites excluding steroid dienone is 1. The Morgan fingerprint density at radius 2 is 1.63 bits per heavy atom. The number of ether oxygens (including phenoxy) is 2. The molecular formula is C23H28N2O2. The number of benzene rings is 2. The Hall–Kier alpha value is -2.30. The zero-order chi connectivity index (χ0) is 18.8. The fraction of sp³-hybridized carbons (Fsp3) is 0.391. The number of nitrogens with zero attached hydrogens (tertiary/aromatic N) is 1. The number of hydrogen-bond acceptors (Lipinski definition) is 4. The van der Waals surface area contributed by atoms with E-state index in [1.165, 1.54) is 16.7 Å². The molecule has 27 heavy (non-hydrogen) atoms. The van der Waals surface area contributed by atoms with Crippen molar-refractivity contribution in [1.82, 2.24) is 10.2 Å². The maximum absolute atomic E-state index is 5.40. The third kappa shape index (κ3) is 3.73. The van der Waals surface area contributed by atoms with Crippen LogP contribution in [0.3, 0.4) is 0 Å². The van der Waals surface area contributed by atoms with Gasteiger partial charge in [0.25, 0.3) is 0 Å². The van der Waals surface area contributed by atoms with E-state index >= 15 is 0 Å². The first kappa shape index (κ1) is 18.1. The number of piperazine rings is 1. The summed E-state index contributed by atoms with van der Waals surface area (Å²) >= 11 is 0. The molecule has 2 bridgehead atoms. The summed E-state index contributed by atoms with van der Waals surface area (Å²) in [5.41, 5.74) is 3.96. The topological polar surface area (TPSA) is 33.7 Å². The second kappa shape index (κ2) is 7.75. The summed E-state index contributed by atoms with van der Waals surface area (Å²) in [6.07, 6.45) is 4.23. The molecule has 0 amide bonds. The fourth-order valence-electron chi connectivity index (χ4n) is 4.44. The van der Waals surface area contributed by atoms with Crippen molar-refractivity contribution in [3.8, 4) is 11.5 Å². The zero-order valence-electron chi connectivity index (χ0n) is 16.3. The van der Waals surface area contributed by atoms with Crippen LogP contribution in [0.25, 0.3) is 6.08 Å². The van der Waals surface area contributed by atoms with Gasteiger partial charge in [-0.2, -0.15) is 0 Å². The number of fused-ring (bicyclic) bond motifs is 2. The van der Waals surface area contributed by atoms with E-state index in [0.29, 0.717) is 18.0 Å². The molecule has 0 aliphatic carbocycles. The second-order valence-corrected chi connectivity index (χ2v) is 7.49. The number of rotatable bonds is 6. The largest absolute Gasteiger partial charge is 0.497 e. The Morgan fingerprint density at radius 3 is 2.19 bits per heavy atom. The van der Waals surface area contributed by atoms with Gasteiger partial charge in [-0.25, -0.2) is 0 Å². The van der Waals surface area contributed by atoms with Gasteiger partial charge >= 0.3 is 0 Å². The standard InChI is InChI=1S/C23H28N2O2/c1-4-5-16-6-8-18(9-7-16)23-21-14-25(15-22(23)24-21)13-17-10-19(26-2)12-20(11-17)27-3/h4-12,21-24H,13-15H2,1-3H3/b5-4+/t21-,22+,23?. The Bertz CT molecular complexity index is 781. The van der Waals surface area contributed by atoms with E-state index in [2.05, 4.69) is 65.7 Å². The number of methoxy groups -OCH3 is 2. The summed E-state index contributed by atoms with van der Waals surface area (Å²) in [7, 11) is 3.40. The molecule has 0 saturated carbocycles. The first-order chi connectivity index (χ1) is 13.2. The number of nitrogens with one attached hydrogen (secondary N) is 1. The minimum Gasteiger partial charge on any atom is -0.497 e. The Labute approximate surface area is 161 Å². The molecule has 3 fully saturated rings. The van der Waals surface area contributed by atoms with Crippen LogP contribution in [0.1, 0.15) is 29.5 Å². The van der Waals surface area contributed by atoms with Crippen LogP contribution < -0.4 is 14.8 Å². The molecule has 4 nitrogen and oxygen atoms in total. The van der Waals surface area contributed by atoms with Gasteiger partial charge in [0.2, 0.25) is 0 Å². The highest BCUT2D eigenvalue weighted by Gasteiger charge is 2.46. The molecule has 0 aromatic heterocycles. The van der Waals surface area contributed by atoms with Crippen molar-refractivity contribution < 1.29 is 9.47 Å². The van der Waals surface area contributed by atoms with Gasteiger partial charge in [-0.3, -0.25) is 4.90 Å².